The van der Waals surface area contributed by atoms with E-state index in [0.717, 1.165) is 10.0 Å². The fourth-order valence-electron chi connectivity index (χ4n) is 2.59. The van der Waals surface area contributed by atoms with Gasteiger partial charge in [0.05, 0.1) is 16.6 Å². The third-order valence-corrected chi connectivity index (χ3v) is 6.05. The Morgan fingerprint density at radius 3 is 2.61 bits per heavy atom. The zero-order valence-corrected chi connectivity index (χ0v) is 14.6. The zero-order chi connectivity index (χ0) is 16.6. The second kappa shape index (κ2) is 5.88. The van der Waals surface area contributed by atoms with Crippen molar-refractivity contribution in [3.05, 3.63) is 68.5 Å². The highest BCUT2D eigenvalue weighted by Gasteiger charge is 2.36. The van der Waals surface area contributed by atoms with E-state index in [1.54, 1.807) is 42.5 Å². The molecule has 0 amide bonds. The predicted molar refractivity (Wildman–Crippen MR) is 91.7 cm³/mol. The Bertz CT molecular complexity index is 906. The molecule has 0 aliphatic carbocycles. The predicted octanol–water partition coefficient (Wildman–Crippen LogP) is 4.32. The Morgan fingerprint density at radius 1 is 1.26 bits per heavy atom. The van der Waals surface area contributed by atoms with Crippen molar-refractivity contribution in [1.29, 1.82) is 0 Å². The molecule has 0 N–H and O–H groups in total. The van der Waals surface area contributed by atoms with Crippen molar-refractivity contribution in [2.75, 3.05) is 10.8 Å². The number of rotatable bonds is 3. The van der Waals surface area contributed by atoms with Crippen molar-refractivity contribution in [3.63, 3.8) is 0 Å². The molecule has 6 nitrogen and oxygen atoms in total. The van der Waals surface area contributed by atoms with Gasteiger partial charge in [-0.05, 0) is 42.3 Å². The monoisotopic (exact) mass is 392 g/mol. The Morgan fingerprint density at radius 2 is 1.96 bits per heavy atom. The molecule has 0 bridgehead atoms. The molecule has 118 valence electrons. The molecule has 0 saturated carbocycles. The van der Waals surface area contributed by atoms with Crippen LogP contribution in [0, 0.1) is 6.92 Å². The minimum absolute atomic E-state index is 0.103. The first kappa shape index (κ1) is 15.9. The standard InChI is InChI=1S/C15H13BrN4O2S/c1-10-2-5-12(6-3-10)23(21,22)20-9-14(18-19-17)13-7-4-11(16)8-15(13)20/h2-8,14H,9H2,1H3. The summed E-state index contributed by atoms with van der Waals surface area (Å²) in [4.78, 5) is 3.05. The van der Waals surface area contributed by atoms with E-state index in [4.69, 9.17) is 5.53 Å². The van der Waals surface area contributed by atoms with Gasteiger partial charge >= 0.3 is 0 Å². The molecule has 2 aromatic carbocycles. The van der Waals surface area contributed by atoms with Crippen molar-refractivity contribution < 1.29 is 8.42 Å². The SMILES string of the molecule is Cc1ccc(S(=O)(=O)N2CC(N=[N+]=[N-])c3ccc(Br)cc32)cc1. The first-order chi connectivity index (χ1) is 10.9. The third-order valence-electron chi connectivity index (χ3n) is 3.76. The van der Waals surface area contributed by atoms with Gasteiger partial charge in [0.1, 0.15) is 0 Å². The van der Waals surface area contributed by atoms with Gasteiger partial charge in [-0.1, -0.05) is 44.8 Å². The largest absolute Gasteiger partial charge is 0.265 e. The Hall–Kier alpha value is -2.02. The molecule has 0 fully saturated rings. The van der Waals surface area contributed by atoms with Gasteiger partial charge in [0.2, 0.25) is 0 Å². The average molecular weight is 393 g/mol. The minimum Gasteiger partial charge on any atom is -0.265 e. The van der Waals surface area contributed by atoms with Crippen LogP contribution < -0.4 is 4.31 Å². The maximum atomic E-state index is 12.9. The second-order valence-electron chi connectivity index (χ2n) is 5.27. The second-order valence-corrected chi connectivity index (χ2v) is 8.05. The summed E-state index contributed by atoms with van der Waals surface area (Å²) < 4.78 is 28.0. The summed E-state index contributed by atoms with van der Waals surface area (Å²) in [7, 11) is -3.71. The van der Waals surface area contributed by atoms with E-state index in [2.05, 4.69) is 26.0 Å². The van der Waals surface area contributed by atoms with Crippen molar-refractivity contribution >= 4 is 31.6 Å². The Labute approximate surface area is 142 Å². The van der Waals surface area contributed by atoms with Crippen molar-refractivity contribution in [3.8, 4) is 0 Å². The molecule has 1 atom stereocenters. The minimum atomic E-state index is -3.71. The average Bonchev–Trinajstić information content (AvgIpc) is 2.87. The Kier molecular flexibility index (Phi) is 4.06. The number of anilines is 1. The molecule has 23 heavy (non-hydrogen) atoms. The van der Waals surface area contributed by atoms with Crippen LogP contribution >= 0.6 is 15.9 Å². The summed E-state index contributed by atoms with van der Waals surface area (Å²) in [6.45, 7) is 2.00. The van der Waals surface area contributed by atoms with Crippen LogP contribution in [-0.4, -0.2) is 15.0 Å². The number of nitrogens with zero attached hydrogens (tertiary/aromatic N) is 4. The van der Waals surface area contributed by atoms with E-state index in [-0.39, 0.29) is 11.4 Å². The number of benzene rings is 2. The van der Waals surface area contributed by atoms with Gasteiger partial charge in [-0.2, -0.15) is 0 Å². The van der Waals surface area contributed by atoms with Gasteiger partial charge in [0.25, 0.3) is 10.0 Å². The van der Waals surface area contributed by atoms with Crippen LogP contribution in [0.15, 0.2) is 56.9 Å². The van der Waals surface area contributed by atoms with Crippen molar-refractivity contribution in [2.45, 2.75) is 17.9 Å². The highest BCUT2D eigenvalue weighted by molar-refractivity contribution is 9.10. The maximum absolute atomic E-state index is 12.9. The van der Waals surface area contributed by atoms with Crippen LogP contribution in [0.5, 0.6) is 0 Å². The molecule has 1 aliphatic rings. The van der Waals surface area contributed by atoms with Crippen LogP contribution in [0.1, 0.15) is 17.2 Å². The molecule has 0 saturated heterocycles. The number of hydrogen-bond donors (Lipinski definition) is 0. The van der Waals surface area contributed by atoms with E-state index < -0.39 is 16.1 Å². The first-order valence-electron chi connectivity index (χ1n) is 6.86. The lowest BCUT2D eigenvalue weighted by molar-refractivity contribution is 0.589. The lowest BCUT2D eigenvalue weighted by Gasteiger charge is -2.20. The number of halogens is 1. The summed E-state index contributed by atoms with van der Waals surface area (Å²) in [5.41, 5.74) is 11.0. The normalized spacial score (nSPS) is 16.8. The number of sulfonamides is 1. The molecule has 0 spiro atoms. The van der Waals surface area contributed by atoms with Crippen LogP contribution in [0.2, 0.25) is 0 Å². The summed E-state index contributed by atoms with van der Waals surface area (Å²) >= 11 is 3.36. The number of azide groups is 1. The Balaban J connectivity index is 2.12. The van der Waals surface area contributed by atoms with Crippen LogP contribution in [0.3, 0.4) is 0 Å². The van der Waals surface area contributed by atoms with E-state index in [1.807, 2.05) is 6.92 Å². The number of fused-ring (bicyclic) bond motifs is 1. The smallest absolute Gasteiger partial charge is 0.264 e. The fraction of sp³-hybridized carbons (Fsp3) is 0.200. The fourth-order valence-corrected chi connectivity index (χ4v) is 4.43. The van der Waals surface area contributed by atoms with E-state index in [9.17, 15) is 8.42 Å². The summed E-state index contributed by atoms with van der Waals surface area (Å²) in [5.74, 6) is 0. The summed E-state index contributed by atoms with van der Waals surface area (Å²) in [6.07, 6.45) is 0. The van der Waals surface area contributed by atoms with Crippen LogP contribution in [0.4, 0.5) is 5.69 Å². The number of aryl methyl sites for hydroxylation is 1. The van der Waals surface area contributed by atoms with Gasteiger partial charge in [-0.3, -0.25) is 4.31 Å². The molecule has 8 heteroatoms. The molecule has 1 heterocycles. The lowest BCUT2D eigenvalue weighted by Crippen LogP contribution is -2.29. The highest BCUT2D eigenvalue weighted by Crippen LogP contribution is 2.41. The molecule has 2 aromatic rings. The summed E-state index contributed by atoms with van der Waals surface area (Å²) in [5, 5.41) is 3.73. The third kappa shape index (κ3) is 2.81. The van der Waals surface area contributed by atoms with E-state index in [0.29, 0.717) is 11.3 Å². The van der Waals surface area contributed by atoms with Crippen molar-refractivity contribution in [1.82, 2.24) is 0 Å². The molecule has 0 radical (unpaired) electrons. The van der Waals surface area contributed by atoms with Gasteiger partial charge in [-0.15, -0.1) is 0 Å². The molecule has 3 rings (SSSR count). The summed E-state index contributed by atoms with van der Waals surface area (Å²) in [6, 6.07) is 11.5. The maximum Gasteiger partial charge on any atom is 0.264 e. The highest BCUT2D eigenvalue weighted by atomic mass is 79.9. The van der Waals surface area contributed by atoms with E-state index in [1.165, 1.54) is 4.31 Å². The molecule has 1 aliphatic heterocycles. The van der Waals surface area contributed by atoms with E-state index >= 15 is 0 Å². The zero-order valence-electron chi connectivity index (χ0n) is 12.2. The molecular weight excluding hydrogens is 380 g/mol. The molecule has 1 unspecified atom stereocenters. The number of hydrogen-bond acceptors (Lipinski definition) is 3. The first-order valence-corrected chi connectivity index (χ1v) is 9.10. The molecular formula is C15H13BrN4O2S. The van der Waals surface area contributed by atoms with Crippen LogP contribution in [-0.2, 0) is 10.0 Å². The lowest BCUT2D eigenvalue weighted by atomic mass is 10.1. The van der Waals surface area contributed by atoms with Crippen molar-refractivity contribution in [2.24, 2.45) is 5.11 Å². The topological polar surface area (TPSA) is 86.1 Å². The van der Waals surface area contributed by atoms with Gasteiger partial charge in [0, 0.05) is 15.9 Å². The quantitative estimate of drug-likeness (QED) is 0.442. The van der Waals surface area contributed by atoms with Gasteiger partial charge in [-0.25, -0.2) is 8.42 Å². The van der Waals surface area contributed by atoms with Gasteiger partial charge in [0.15, 0.2) is 0 Å². The van der Waals surface area contributed by atoms with Gasteiger partial charge < -0.3 is 0 Å². The molecule has 0 aromatic heterocycles. The van der Waals surface area contributed by atoms with Crippen LogP contribution in [0.25, 0.3) is 10.4 Å².